The highest BCUT2D eigenvalue weighted by molar-refractivity contribution is 7.89. The fourth-order valence-corrected chi connectivity index (χ4v) is 4.44. The molecule has 1 aliphatic heterocycles. The summed E-state index contributed by atoms with van der Waals surface area (Å²) in [6, 6.07) is 0. The summed E-state index contributed by atoms with van der Waals surface area (Å²) in [4.78, 5) is 13.3. The van der Waals surface area contributed by atoms with E-state index in [-0.39, 0.29) is 16.9 Å². The van der Waals surface area contributed by atoms with Crippen molar-refractivity contribution in [3.8, 4) is 0 Å². The van der Waals surface area contributed by atoms with Gasteiger partial charge in [0.2, 0.25) is 10.0 Å². The lowest BCUT2D eigenvalue weighted by atomic mass is 9.97. The number of amides is 1. The topological polar surface area (TPSA) is 93.5 Å². The Labute approximate surface area is 136 Å². The van der Waals surface area contributed by atoms with Gasteiger partial charge in [-0.2, -0.15) is 5.10 Å². The van der Waals surface area contributed by atoms with Crippen LogP contribution in [0.1, 0.15) is 24.2 Å². The molecular weight excluding hydrogens is 320 g/mol. The molecule has 1 saturated heterocycles. The van der Waals surface area contributed by atoms with Crippen LogP contribution in [0, 0.1) is 19.8 Å². The zero-order chi connectivity index (χ0) is 17.2. The minimum absolute atomic E-state index is 0.211. The first-order valence-electron chi connectivity index (χ1n) is 7.59. The van der Waals surface area contributed by atoms with Gasteiger partial charge in [-0.3, -0.25) is 4.68 Å². The molecule has 0 saturated carbocycles. The van der Waals surface area contributed by atoms with E-state index in [4.69, 9.17) is 4.74 Å². The summed E-state index contributed by atoms with van der Waals surface area (Å²) in [6.45, 7) is 4.97. The van der Waals surface area contributed by atoms with E-state index < -0.39 is 10.0 Å². The highest BCUT2D eigenvalue weighted by atomic mass is 32.2. The molecule has 0 aliphatic carbocycles. The first-order valence-corrected chi connectivity index (χ1v) is 9.07. The average molecular weight is 344 g/mol. The summed E-state index contributed by atoms with van der Waals surface area (Å²) >= 11 is 0. The van der Waals surface area contributed by atoms with Gasteiger partial charge in [-0.1, -0.05) is 0 Å². The van der Waals surface area contributed by atoms with Crippen molar-refractivity contribution in [2.75, 3.05) is 26.7 Å². The summed E-state index contributed by atoms with van der Waals surface area (Å²) in [6.07, 6.45) is 1.18. The first kappa shape index (κ1) is 17.7. The highest BCUT2D eigenvalue weighted by Gasteiger charge is 2.27. The Kier molecular flexibility index (Phi) is 5.30. The molecule has 1 aromatic rings. The molecule has 130 valence electrons. The van der Waals surface area contributed by atoms with E-state index in [1.807, 2.05) is 0 Å². The largest absolute Gasteiger partial charge is 0.453 e. The van der Waals surface area contributed by atoms with E-state index in [9.17, 15) is 13.2 Å². The van der Waals surface area contributed by atoms with Gasteiger partial charge in [-0.25, -0.2) is 17.9 Å². The predicted molar refractivity (Wildman–Crippen MR) is 84.6 cm³/mol. The molecular formula is C14H24N4O4S. The third kappa shape index (κ3) is 3.84. The molecule has 2 rings (SSSR count). The van der Waals surface area contributed by atoms with Crippen molar-refractivity contribution in [1.29, 1.82) is 0 Å². The van der Waals surface area contributed by atoms with Crippen molar-refractivity contribution >= 4 is 16.1 Å². The Morgan fingerprint density at radius 1 is 1.35 bits per heavy atom. The van der Waals surface area contributed by atoms with Crippen LogP contribution in [-0.2, 0) is 21.8 Å². The van der Waals surface area contributed by atoms with E-state index in [1.54, 1.807) is 30.5 Å². The number of aryl methyl sites for hydroxylation is 2. The zero-order valence-electron chi connectivity index (χ0n) is 14.0. The van der Waals surface area contributed by atoms with Crippen molar-refractivity contribution in [2.45, 2.75) is 31.6 Å². The second kappa shape index (κ2) is 6.88. The maximum atomic E-state index is 12.5. The average Bonchev–Trinajstić information content (AvgIpc) is 2.78. The smallest absolute Gasteiger partial charge is 0.409 e. The SMILES string of the molecule is COC(=O)N1CCC(CNS(=O)(=O)c2c(C)nn(C)c2C)CC1. The lowest BCUT2D eigenvalue weighted by Gasteiger charge is -2.30. The maximum Gasteiger partial charge on any atom is 0.409 e. The number of sulfonamides is 1. The van der Waals surface area contributed by atoms with Crippen LogP contribution in [0.15, 0.2) is 4.90 Å². The third-order valence-corrected chi connectivity index (χ3v) is 6.00. The number of aromatic nitrogens is 2. The van der Waals surface area contributed by atoms with Crippen LogP contribution < -0.4 is 4.72 Å². The second-order valence-electron chi connectivity index (χ2n) is 5.88. The predicted octanol–water partition coefficient (Wildman–Crippen LogP) is 0.794. The standard InChI is InChI=1S/C14H24N4O4S/c1-10-13(11(2)17(3)16-10)23(20,21)15-9-12-5-7-18(8-6-12)14(19)22-4/h12,15H,5-9H2,1-4H3. The first-order chi connectivity index (χ1) is 10.8. The number of nitrogens with one attached hydrogen (secondary N) is 1. The van der Waals surface area contributed by atoms with E-state index in [0.29, 0.717) is 31.0 Å². The van der Waals surface area contributed by atoms with Gasteiger partial charge in [0.25, 0.3) is 0 Å². The normalized spacial score (nSPS) is 16.6. The molecule has 9 heteroatoms. The van der Waals surface area contributed by atoms with Gasteiger partial charge in [-0.15, -0.1) is 0 Å². The molecule has 0 unspecified atom stereocenters. The van der Waals surface area contributed by atoms with E-state index in [2.05, 4.69) is 9.82 Å². The number of hydrogen-bond donors (Lipinski definition) is 1. The summed E-state index contributed by atoms with van der Waals surface area (Å²) < 4.78 is 33.9. The van der Waals surface area contributed by atoms with Crippen molar-refractivity contribution in [3.63, 3.8) is 0 Å². The quantitative estimate of drug-likeness (QED) is 0.872. The van der Waals surface area contributed by atoms with Crippen molar-refractivity contribution in [3.05, 3.63) is 11.4 Å². The van der Waals surface area contributed by atoms with Crippen molar-refractivity contribution in [2.24, 2.45) is 13.0 Å². The molecule has 0 spiro atoms. The Balaban J connectivity index is 1.95. The molecule has 8 nitrogen and oxygen atoms in total. The highest BCUT2D eigenvalue weighted by Crippen LogP contribution is 2.21. The third-order valence-electron chi connectivity index (χ3n) is 4.32. The van der Waals surface area contributed by atoms with E-state index >= 15 is 0 Å². The van der Waals surface area contributed by atoms with Gasteiger partial charge in [0, 0.05) is 26.7 Å². The number of likely N-dealkylation sites (tertiary alicyclic amines) is 1. The Bertz CT molecular complexity index is 675. The number of ether oxygens (including phenoxy) is 1. The van der Waals surface area contributed by atoms with Gasteiger partial charge < -0.3 is 9.64 Å². The molecule has 1 aromatic heterocycles. The van der Waals surface area contributed by atoms with E-state index in [0.717, 1.165) is 12.8 Å². The second-order valence-corrected chi connectivity index (χ2v) is 7.58. The summed E-state index contributed by atoms with van der Waals surface area (Å²) in [5.74, 6) is 0.211. The lowest BCUT2D eigenvalue weighted by molar-refractivity contribution is 0.106. The van der Waals surface area contributed by atoms with Crippen LogP contribution in [0.3, 0.4) is 0 Å². The molecule has 1 fully saturated rings. The van der Waals surface area contributed by atoms with Gasteiger partial charge in [-0.05, 0) is 32.6 Å². The Morgan fingerprint density at radius 2 is 1.96 bits per heavy atom. The van der Waals surface area contributed by atoms with Crippen LogP contribution >= 0.6 is 0 Å². The zero-order valence-corrected chi connectivity index (χ0v) is 14.8. The van der Waals surface area contributed by atoms with Gasteiger partial charge in [0.1, 0.15) is 4.90 Å². The monoisotopic (exact) mass is 344 g/mol. The molecule has 1 N–H and O–H groups in total. The fourth-order valence-electron chi connectivity index (χ4n) is 2.89. The molecule has 1 aliphatic rings. The minimum atomic E-state index is -3.57. The molecule has 2 heterocycles. The van der Waals surface area contributed by atoms with Crippen LogP contribution in [-0.4, -0.2) is 55.9 Å². The van der Waals surface area contributed by atoms with Gasteiger partial charge >= 0.3 is 6.09 Å². The molecule has 23 heavy (non-hydrogen) atoms. The fraction of sp³-hybridized carbons (Fsp3) is 0.714. The minimum Gasteiger partial charge on any atom is -0.453 e. The molecule has 0 aromatic carbocycles. The molecule has 0 atom stereocenters. The summed E-state index contributed by atoms with van der Waals surface area (Å²) in [5, 5.41) is 4.15. The number of carbonyl (C=O) groups is 1. The van der Waals surface area contributed by atoms with Crippen LogP contribution in [0.25, 0.3) is 0 Å². The van der Waals surface area contributed by atoms with Gasteiger partial charge in [0.15, 0.2) is 0 Å². The molecule has 0 bridgehead atoms. The summed E-state index contributed by atoms with van der Waals surface area (Å²) in [5.41, 5.74) is 1.12. The number of piperidine rings is 1. The van der Waals surface area contributed by atoms with Crippen molar-refractivity contribution < 1.29 is 17.9 Å². The van der Waals surface area contributed by atoms with E-state index in [1.165, 1.54) is 7.11 Å². The maximum absolute atomic E-state index is 12.5. The van der Waals surface area contributed by atoms with Crippen LogP contribution in [0.4, 0.5) is 4.79 Å². The van der Waals surface area contributed by atoms with Gasteiger partial charge in [0.05, 0.1) is 18.5 Å². The van der Waals surface area contributed by atoms with Crippen LogP contribution in [0.2, 0.25) is 0 Å². The Morgan fingerprint density at radius 3 is 2.43 bits per heavy atom. The molecule has 0 radical (unpaired) electrons. The lowest BCUT2D eigenvalue weighted by Crippen LogP contribution is -2.41. The number of nitrogens with zero attached hydrogens (tertiary/aromatic N) is 3. The van der Waals surface area contributed by atoms with Crippen LogP contribution in [0.5, 0.6) is 0 Å². The number of rotatable bonds is 4. The Hall–Kier alpha value is -1.61. The van der Waals surface area contributed by atoms with Crippen molar-refractivity contribution in [1.82, 2.24) is 19.4 Å². The number of methoxy groups -OCH3 is 1. The number of carbonyl (C=O) groups excluding carboxylic acids is 1. The molecule has 1 amide bonds. The number of hydrogen-bond acceptors (Lipinski definition) is 5. The summed E-state index contributed by atoms with van der Waals surface area (Å²) in [7, 11) is -0.485.